The van der Waals surface area contributed by atoms with Crippen molar-refractivity contribution in [1.82, 2.24) is 5.32 Å². The van der Waals surface area contributed by atoms with Crippen LogP contribution in [0.2, 0.25) is 26.6 Å². The second kappa shape index (κ2) is 21.4. The van der Waals surface area contributed by atoms with Crippen LogP contribution in [0.15, 0.2) is 7.68 Å². The van der Waals surface area contributed by atoms with Gasteiger partial charge in [-0.15, -0.1) is 0 Å². The van der Waals surface area contributed by atoms with Crippen molar-refractivity contribution < 1.29 is 9.53 Å². The van der Waals surface area contributed by atoms with Crippen LogP contribution in [0.5, 0.6) is 0 Å². The van der Waals surface area contributed by atoms with Gasteiger partial charge in [-0.05, 0) is 0 Å². The minimum atomic E-state index is -2.68. The Labute approximate surface area is 241 Å². The van der Waals surface area contributed by atoms with Crippen molar-refractivity contribution in [2.45, 2.75) is 172 Å². The van der Waals surface area contributed by atoms with Gasteiger partial charge in [0.15, 0.2) is 0 Å². The molecule has 1 N–H and O–H groups in total. The summed E-state index contributed by atoms with van der Waals surface area (Å²) in [5.74, 6) is 0. The third-order valence-electron chi connectivity index (χ3n) is 8.09. The van der Waals surface area contributed by atoms with E-state index >= 15 is 0 Å². The molecule has 0 spiro atoms. The van der Waals surface area contributed by atoms with Gasteiger partial charge in [-0.25, -0.2) is 0 Å². The zero-order chi connectivity index (χ0) is 28.2. The zero-order valence-electron chi connectivity index (χ0n) is 26.8. The molecule has 0 bridgehead atoms. The van der Waals surface area contributed by atoms with Gasteiger partial charge < -0.3 is 0 Å². The summed E-state index contributed by atoms with van der Waals surface area (Å²) in [4.78, 5) is 12.9. The number of carbonyl (C=O) groups excluding carboxylic acids is 1. The monoisotopic (exact) mass is 737 g/mol. The van der Waals surface area contributed by atoms with E-state index in [0.29, 0.717) is 0 Å². The Morgan fingerprint density at radius 2 is 1.00 bits per heavy atom. The molecule has 0 aromatic rings. The van der Waals surface area contributed by atoms with E-state index in [2.05, 4.69) is 51.0 Å². The SMILES string of the molecule is CCC[CH2][Sn](/[CH]=[C](/CNC(=O)OC(C)(C)C)[Sn]([CH2]CCC)([CH2]CCC)[CH2]CCC)([CH2]CCC)[CH2]CCC. The Morgan fingerprint density at radius 3 is 1.32 bits per heavy atom. The number of alkyl carbamates (subject to hydrolysis) is 1. The molecular formula is C32H67NO2Sn2. The van der Waals surface area contributed by atoms with E-state index in [4.69, 9.17) is 4.74 Å². The molecule has 0 aliphatic heterocycles. The van der Waals surface area contributed by atoms with Crippen LogP contribution in [-0.2, 0) is 4.74 Å². The van der Waals surface area contributed by atoms with Gasteiger partial charge in [0.05, 0.1) is 0 Å². The summed E-state index contributed by atoms with van der Waals surface area (Å²) >= 11 is -5.20. The third kappa shape index (κ3) is 16.5. The Kier molecular flexibility index (Phi) is 21.7. The topological polar surface area (TPSA) is 38.3 Å². The number of rotatable bonds is 22. The zero-order valence-corrected chi connectivity index (χ0v) is 32.5. The molecule has 0 aliphatic carbocycles. The average molecular weight is 735 g/mol. The number of carbonyl (C=O) groups is 1. The average Bonchev–Trinajstić information content (AvgIpc) is 2.86. The molecule has 1 amide bonds. The first-order chi connectivity index (χ1) is 17.6. The van der Waals surface area contributed by atoms with Gasteiger partial charge in [0.2, 0.25) is 0 Å². The molecule has 0 radical (unpaired) electrons. The second-order valence-electron chi connectivity index (χ2n) is 12.8. The minimum absolute atomic E-state index is 0.225. The van der Waals surface area contributed by atoms with Gasteiger partial charge in [-0.2, -0.15) is 0 Å². The number of ether oxygens (including phenoxy) is 1. The maximum absolute atomic E-state index is 12.9. The van der Waals surface area contributed by atoms with Gasteiger partial charge in [-0.3, -0.25) is 0 Å². The van der Waals surface area contributed by atoms with Crippen LogP contribution >= 0.6 is 0 Å². The first-order valence-corrected chi connectivity index (χ1v) is 31.4. The molecule has 0 aromatic carbocycles. The number of amides is 1. The normalized spacial score (nSPS) is 13.2. The van der Waals surface area contributed by atoms with Crippen molar-refractivity contribution in [1.29, 1.82) is 0 Å². The maximum atomic E-state index is 12.9. The van der Waals surface area contributed by atoms with Crippen molar-refractivity contribution in [3.63, 3.8) is 0 Å². The summed E-state index contributed by atoms with van der Waals surface area (Å²) in [5, 5.41) is 3.32. The molecule has 0 rings (SSSR count). The predicted octanol–water partition coefficient (Wildman–Crippen LogP) is 11.2. The molecular weight excluding hydrogens is 668 g/mol. The molecule has 37 heavy (non-hydrogen) atoms. The molecule has 0 aromatic heterocycles. The molecule has 220 valence electrons. The number of hydrogen-bond donors (Lipinski definition) is 1. The molecule has 0 unspecified atom stereocenters. The summed E-state index contributed by atoms with van der Waals surface area (Å²) in [6.45, 7) is 20.9. The van der Waals surface area contributed by atoms with Crippen molar-refractivity contribution in [3.8, 4) is 0 Å². The Morgan fingerprint density at radius 1 is 0.649 bits per heavy atom. The number of hydrogen-bond acceptors (Lipinski definition) is 2. The fourth-order valence-electron chi connectivity index (χ4n) is 5.82. The summed E-state index contributed by atoms with van der Waals surface area (Å²) in [5.41, 5.74) is -0.451. The predicted molar refractivity (Wildman–Crippen MR) is 172 cm³/mol. The molecule has 5 heteroatoms. The van der Waals surface area contributed by atoms with Gasteiger partial charge in [-0.1, -0.05) is 0 Å². The Hall–Kier alpha value is 0.607. The quantitative estimate of drug-likeness (QED) is 0.112. The molecule has 0 atom stereocenters. The van der Waals surface area contributed by atoms with Crippen molar-refractivity contribution >= 4 is 42.8 Å². The van der Waals surface area contributed by atoms with Crippen LogP contribution in [0.1, 0.15) is 139 Å². The van der Waals surface area contributed by atoms with Crippen LogP contribution in [-0.4, -0.2) is 55.0 Å². The number of unbranched alkanes of at least 4 members (excludes halogenated alkanes) is 6. The Bertz CT molecular complexity index is 569. The van der Waals surface area contributed by atoms with Gasteiger partial charge >= 0.3 is 244 Å². The molecule has 0 fully saturated rings. The molecule has 0 saturated carbocycles. The van der Waals surface area contributed by atoms with Crippen LogP contribution in [0, 0.1) is 0 Å². The van der Waals surface area contributed by atoms with Crippen LogP contribution in [0.25, 0.3) is 0 Å². The summed E-state index contributed by atoms with van der Waals surface area (Å²) in [6, 6.07) is 0. The van der Waals surface area contributed by atoms with Crippen LogP contribution in [0.4, 0.5) is 4.79 Å². The van der Waals surface area contributed by atoms with E-state index in [1.54, 1.807) is 0 Å². The van der Waals surface area contributed by atoms with Crippen molar-refractivity contribution in [2.24, 2.45) is 0 Å². The van der Waals surface area contributed by atoms with E-state index in [1.807, 2.05) is 24.4 Å². The Balaban J connectivity index is 6.78. The molecule has 0 aliphatic rings. The second-order valence-corrected chi connectivity index (χ2v) is 39.1. The van der Waals surface area contributed by atoms with Crippen molar-refractivity contribution in [3.05, 3.63) is 7.68 Å². The molecule has 3 nitrogen and oxygen atoms in total. The van der Waals surface area contributed by atoms with E-state index in [1.165, 1.54) is 104 Å². The third-order valence-corrected chi connectivity index (χ3v) is 40.8. The van der Waals surface area contributed by atoms with Crippen LogP contribution < -0.4 is 5.32 Å². The molecule has 0 saturated heterocycles. The van der Waals surface area contributed by atoms with E-state index < -0.39 is 42.4 Å². The van der Waals surface area contributed by atoms with E-state index in [-0.39, 0.29) is 6.09 Å². The van der Waals surface area contributed by atoms with Crippen LogP contribution in [0.3, 0.4) is 0 Å². The first-order valence-electron chi connectivity index (χ1n) is 16.3. The summed E-state index contributed by atoms with van der Waals surface area (Å²) in [7, 11) is 0. The molecule has 0 heterocycles. The van der Waals surface area contributed by atoms with E-state index in [9.17, 15) is 4.79 Å². The summed E-state index contributed by atoms with van der Waals surface area (Å²) < 4.78 is 19.6. The van der Waals surface area contributed by atoms with E-state index in [0.717, 1.165) is 6.54 Å². The summed E-state index contributed by atoms with van der Waals surface area (Å²) in [6.07, 6.45) is 15.9. The van der Waals surface area contributed by atoms with Gasteiger partial charge in [0.1, 0.15) is 0 Å². The fourth-order valence-corrected chi connectivity index (χ4v) is 48.3. The van der Waals surface area contributed by atoms with Gasteiger partial charge in [0, 0.05) is 0 Å². The standard InChI is InChI=1S/C8H13NO2.6C4H9.2Sn/c1-5-6-9-7(10)11-8(2,3)4;6*1-3-4-2;;/h1H,6H2,2-4H3,(H,9,10);6*1,3-4H2,2H3;;. The van der Waals surface area contributed by atoms with Gasteiger partial charge in [0.25, 0.3) is 0 Å². The number of nitrogens with one attached hydrogen (secondary N) is 1. The van der Waals surface area contributed by atoms with Crippen molar-refractivity contribution in [2.75, 3.05) is 6.54 Å². The first kappa shape index (κ1) is 37.6. The fraction of sp³-hybridized carbons (Fsp3) is 0.906.